The number of nitrogens with zero attached hydrogens (tertiary/aromatic N) is 3. The van der Waals surface area contributed by atoms with E-state index in [1.807, 2.05) is 10.9 Å². The van der Waals surface area contributed by atoms with Crippen molar-refractivity contribution in [3.8, 4) is 0 Å². The van der Waals surface area contributed by atoms with E-state index in [9.17, 15) is 14.7 Å². The molecule has 6 nitrogen and oxygen atoms in total. The fourth-order valence-electron chi connectivity index (χ4n) is 2.79. The lowest BCUT2D eigenvalue weighted by Gasteiger charge is -2.19. The molecule has 6 heteroatoms. The first-order valence-corrected chi connectivity index (χ1v) is 7.49. The maximum Gasteiger partial charge on any atom is 0.311 e. The van der Waals surface area contributed by atoms with Crippen LogP contribution in [0.2, 0.25) is 0 Å². The van der Waals surface area contributed by atoms with Gasteiger partial charge >= 0.3 is 5.97 Å². The van der Waals surface area contributed by atoms with Crippen LogP contribution in [-0.4, -0.2) is 44.8 Å². The van der Waals surface area contributed by atoms with Crippen LogP contribution in [0.15, 0.2) is 12.3 Å². The molecule has 1 N–H and O–H groups in total. The van der Waals surface area contributed by atoms with Crippen LogP contribution in [0, 0.1) is 5.41 Å². The minimum Gasteiger partial charge on any atom is -0.481 e. The molecule has 1 aliphatic rings. The van der Waals surface area contributed by atoms with Crippen molar-refractivity contribution >= 4 is 11.9 Å². The zero-order valence-corrected chi connectivity index (χ0v) is 12.9. The average Bonchev–Trinajstić information content (AvgIpc) is 3.08. The standard InChI is InChI=1S/C15H23N3O3/c1-4-11(5-2)18-8-6-12(16-18)13(19)17-9-7-15(3,10-17)14(20)21/h6,8,11H,4-5,7,9-10H2,1-3H3,(H,20,21). The quantitative estimate of drug-likeness (QED) is 0.903. The molecule has 0 radical (unpaired) electrons. The molecule has 0 aliphatic carbocycles. The number of amides is 1. The van der Waals surface area contributed by atoms with E-state index in [1.165, 1.54) is 0 Å². The number of carboxylic acids is 1. The molecule has 116 valence electrons. The van der Waals surface area contributed by atoms with Crippen LogP contribution in [0.4, 0.5) is 0 Å². The molecule has 0 aromatic carbocycles. The molecule has 1 fully saturated rings. The van der Waals surface area contributed by atoms with E-state index in [4.69, 9.17) is 0 Å². The van der Waals surface area contributed by atoms with Gasteiger partial charge in [-0.1, -0.05) is 13.8 Å². The number of hydrogen-bond donors (Lipinski definition) is 1. The first kappa shape index (κ1) is 15.5. The number of rotatable bonds is 5. The van der Waals surface area contributed by atoms with Gasteiger partial charge in [0, 0.05) is 19.3 Å². The molecule has 1 aliphatic heterocycles. The summed E-state index contributed by atoms with van der Waals surface area (Å²) in [5.74, 6) is -1.02. The molecule has 2 heterocycles. The van der Waals surface area contributed by atoms with Crippen molar-refractivity contribution in [3.05, 3.63) is 18.0 Å². The van der Waals surface area contributed by atoms with Crippen LogP contribution >= 0.6 is 0 Å². The van der Waals surface area contributed by atoms with Crippen molar-refractivity contribution in [1.29, 1.82) is 0 Å². The summed E-state index contributed by atoms with van der Waals surface area (Å²) < 4.78 is 1.83. The lowest BCUT2D eigenvalue weighted by Crippen LogP contribution is -2.35. The summed E-state index contributed by atoms with van der Waals surface area (Å²) in [5.41, 5.74) is -0.440. The van der Waals surface area contributed by atoms with Gasteiger partial charge in [-0.25, -0.2) is 0 Å². The van der Waals surface area contributed by atoms with Crippen LogP contribution in [0.3, 0.4) is 0 Å². The van der Waals surface area contributed by atoms with Crippen LogP contribution in [0.5, 0.6) is 0 Å². The van der Waals surface area contributed by atoms with Gasteiger partial charge in [-0.3, -0.25) is 14.3 Å². The Morgan fingerprint density at radius 2 is 2.10 bits per heavy atom. The molecule has 0 spiro atoms. The number of aromatic nitrogens is 2. The SMILES string of the molecule is CCC(CC)n1ccc(C(=O)N2CCC(C)(C(=O)O)C2)n1. The van der Waals surface area contributed by atoms with Crippen molar-refractivity contribution in [2.75, 3.05) is 13.1 Å². The van der Waals surface area contributed by atoms with E-state index in [0.29, 0.717) is 24.7 Å². The first-order chi connectivity index (χ1) is 9.91. The van der Waals surface area contributed by atoms with E-state index in [0.717, 1.165) is 12.8 Å². The summed E-state index contributed by atoms with van der Waals surface area (Å²) >= 11 is 0. The normalized spacial score (nSPS) is 22.0. The average molecular weight is 293 g/mol. The maximum absolute atomic E-state index is 12.4. The predicted octanol–water partition coefficient (Wildman–Crippen LogP) is 2.18. The largest absolute Gasteiger partial charge is 0.481 e. The number of carbonyl (C=O) groups is 2. The number of hydrogen-bond acceptors (Lipinski definition) is 3. The Labute approximate surface area is 124 Å². The molecule has 1 amide bonds. The van der Waals surface area contributed by atoms with Crippen LogP contribution < -0.4 is 0 Å². The summed E-state index contributed by atoms with van der Waals surface area (Å²) in [7, 11) is 0. The van der Waals surface area contributed by atoms with Crippen molar-refractivity contribution in [2.24, 2.45) is 5.41 Å². The highest BCUT2D eigenvalue weighted by Crippen LogP contribution is 2.30. The smallest absolute Gasteiger partial charge is 0.311 e. The Balaban J connectivity index is 2.10. The van der Waals surface area contributed by atoms with E-state index in [1.54, 1.807) is 17.9 Å². The summed E-state index contributed by atoms with van der Waals surface area (Å²) in [6.45, 7) is 6.59. The fourth-order valence-corrected chi connectivity index (χ4v) is 2.79. The molecule has 1 saturated heterocycles. The van der Waals surface area contributed by atoms with Crippen molar-refractivity contribution in [3.63, 3.8) is 0 Å². The molecule has 2 rings (SSSR count). The van der Waals surface area contributed by atoms with Gasteiger partial charge < -0.3 is 10.0 Å². The van der Waals surface area contributed by atoms with Gasteiger partial charge in [0.2, 0.25) is 0 Å². The van der Waals surface area contributed by atoms with Crippen LogP contribution in [0.25, 0.3) is 0 Å². The molecule has 1 unspecified atom stereocenters. The second-order valence-corrected chi connectivity index (χ2v) is 5.99. The number of carboxylic acid groups (broad SMARTS) is 1. The van der Waals surface area contributed by atoms with Gasteiger partial charge in [0.05, 0.1) is 11.5 Å². The van der Waals surface area contributed by atoms with Crippen LogP contribution in [-0.2, 0) is 4.79 Å². The van der Waals surface area contributed by atoms with E-state index < -0.39 is 11.4 Å². The monoisotopic (exact) mass is 293 g/mol. The van der Waals surface area contributed by atoms with Gasteiger partial charge in [-0.05, 0) is 32.3 Å². The summed E-state index contributed by atoms with van der Waals surface area (Å²) in [6.07, 6.45) is 4.25. The van der Waals surface area contributed by atoms with E-state index in [2.05, 4.69) is 18.9 Å². The summed E-state index contributed by atoms with van der Waals surface area (Å²) in [4.78, 5) is 25.3. The number of aliphatic carboxylic acids is 1. The molecule has 0 bridgehead atoms. The minimum atomic E-state index is -0.847. The molecule has 1 aromatic heterocycles. The van der Waals surface area contributed by atoms with E-state index >= 15 is 0 Å². The Morgan fingerprint density at radius 1 is 1.43 bits per heavy atom. The molecular formula is C15H23N3O3. The zero-order valence-electron chi connectivity index (χ0n) is 12.9. The summed E-state index contributed by atoms with van der Waals surface area (Å²) in [5, 5.41) is 13.6. The third kappa shape index (κ3) is 2.94. The topological polar surface area (TPSA) is 75.4 Å². The Morgan fingerprint density at radius 3 is 2.62 bits per heavy atom. The molecule has 1 atom stereocenters. The van der Waals surface area contributed by atoms with Crippen molar-refractivity contribution in [2.45, 2.75) is 46.1 Å². The van der Waals surface area contributed by atoms with Gasteiger partial charge in [0.25, 0.3) is 5.91 Å². The first-order valence-electron chi connectivity index (χ1n) is 7.49. The van der Waals surface area contributed by atoms with E-state index in [-0.39, 0.29) is 12.5 Å². The predicted molar refractivity (Wildman–Crippen MR) is 78.1 cm³/mol. The van der Waals surface area contributed by atoms with Gasteiger partial charge in [-0.15, -0.1) is 0 Å². The van der Waals surface area contributed by atoms with Gasteiger partial charge in [0.1, 0.15) is 5.69 Å². The zero-order chi connectivity index (χ0) is 15.6. The second-order valence-electron chi connectivity index (χ2n) is 5.99. The lowest BCUT2D eigenvalue weighted by molar-refractivity contribution is -0.147. The minimum absolute atomic E-state index is 0.176. The fraction of sp³-hybridized carbons (Fsp3) is 0.667. The Kier molecular flexibility index (Phi) is 4.34. The second kappa shape index (κ2) is 5.87. The maximum atomic E-state index is 12.4. The lowest BCUT2D eigenvalue weighted by atomic mass is 9.90. The highest BCUT2D eigenvalue weighted by molar-refractivity contribution is 5.93. The third-order valence-electron chi connectivity index (χ3n) is 4.42. The third-order valence-corrected chi connectivity index (χ3v) is 4.42. The molecular weight excluding hydrogens is 270 g/mol. The number of likely N-dealkylation sites (tertiary alicyclic amines) is 1. The van der Waals surface area contributed by atoms with Crippen molar-refractivity contribution in [1.82, 2.24) is 14.7 Å². The Hall–Kier alpha value is -1.85. The molecule has 21 heavy (non-hydrogen) atoms. The van der Waals surface area contributed by atoms with Gasteiger partial charge in [-0.2, -0.15) is 5.10 Å². The number of carbonyl (C=O) groups excluding carboxylic acids is 1. The highest BCUT2D eigenvalue weighted by atomic mass is 16.4. The van der Waals surface area contributed by atoms with Crippen LogP contribution in [0.1, 0.15) is 56.6 Å². The molecule has 1 aromatic rings. The summed E-state index contributed by atoms with van der Waals surface area (Å²) in [6, 6.07) is 2.02. The van der Waals surface area contributed by atoms with Crippen molar-refractivity contribution < 1.29 is 14.7 Å². The Bertz CT molecular complexity index is 536. The molecule has 0 saturated carbocycles. The highest BCUT2D eigenvalue weighted by Gasteiger charge is 2.42. The van der Waals surface area contributed by atoms with Gasteiger partial charge in [0.15, 0.2) is 0 Å².